The fraction of sp³-hybridized carbons (Fsp3) is 0.273. The molecule has 6 rings (SSSR count). The van der Waals surface area contributed by atoms with E-state index < -0.39 is 0 Å². The summed E-state index contributed by atoms with van der Waals surface area (Å²) in [6, 6.07) is 10.1. The Labute approximate surface area is 176 Å². The van der Waals surface area contributed by atoms with E-state index in [1.54, 1.807) is 23.9 Å². The number of aryl methyl sites for hydroxylation is 1. The lowest BCUT2D eigenvalue weighted by atomic mass is 9.95. The fourth-order valence-electron chi connectivity index (χ4n) is 4.51. The highest BCUT2D eigenvalue weighted by Gasteiger charge is 2.25. The molecule has 0 radical (unpaired) electrons. The molecule has 150 valence electrons. The van der Waals surface area contributed by atoms with Crippen molar-refractivity contribution in [2.24, 2.45) is 0 Å². The highest BCUT2D eigenvalue weighted by atomic mass is 32.1. The molecule has 8 heteroatoms. The number of nitrogens with zero attached hydrogens (tertiary/aromatic N) is 5. The van der Waals surface area contributed by atoms with Crippen LogP contribution in [-0.4, -0.2) is 29.1 Å². The molecule has 30 heavy (non-hydrogen) atoms. The summed E-state index contributed by atoms with van der Waals surface area (Å²) < 4.78 is 3.70. The Hall–Kier alpha value is -3.26. The van der Waals surface area contributed by atoms with Crippen LogP contribution >= 0.6 is 11.3 Å². The van der Waals surface area contributed by atoms with Crippen molar-refractivity contribution in [3.63, 3.8) is 0 Å². The summed E-state index contributed by atoms with van der Waals surface area (Å²) in [5.74, 6) is 0.514. The van der Waals surface area contributed by atoms with E-state index in [2.05, 4.69) is 26.4 Å². The summed E-state index contributed by atoms with van der Waals surface area (Å²) in [7, 11) is 0. The number of nitrogens with one attached hydrogen (secondary N) is 1. The van der Waals surface area contributed by atoms with E-state index in [0.29, 0.717) is 17.1 Å². The highest BCUT2D eigenvalue weighted by molar-refractivity contribution is 7.10. The lowest BCUT2D eigenvalue weighted by Crippen LogP contribution is -2.24. The van der Waals surface area contributed by atoms with Crippen LogP contribution in [0, 0.1) is 0 Å². The maximum Gasteiger partial charge on any atom is 0.328 e. The zero-order valence-electron chi connectivity index (χ0n) is 16.3. The third-order valence-electron chi connectivity index (χ3n) is 5.95. The Balaban J connectivity index is 1.55. The van der Waals surface area contributed by atoms with E-state index in [1.165, 1.54) is 23.3 Å². The third-order valence-corrected chi connectivity index (χ3v) is 6.94. The molecule has 1 atom stereocenters. The van der Waals surface area contributed by atoms with Crippen molar-refractivity contribution in [1.29, 1.82) is 0 Å². The van der Waals surface area contributed by atoms with Gasteiger partial charge >= 0.3 is 5.69 Å². The molecular formula is C22H20N6OS. The van der Waals surface area contributed by atoms with Gasteiger partial charge in [0.05, 0.1) is 23.3 Å². The van der Waals surface area contributed by atoms with Gasteiger partial charge in [-0.1, -0.05) is 25.0 Å². The largest absolute Gasteiger partial charge is 0.328 e. The first kappa shape index (κ1) is 17.6. The molecule has 0 saturated carbocycles. The number of benzene rings is 1. The first-order valence-electron chi connectivity index (χ1n) is 10.3. The van der Waals surface area contributed by atoms with Gasteiger partial charge in [-0.15, -0.1) is 11.3 Å². The molecule has 1 unspecified atom stereocenters. The highest BCUT2D eigenvalue weighted by Crippen LogP contribution is 2.34. The quantitative estimate of drug-likeness (QED) is 0.467. The van der Waals surface area contributed by atoms with Crippen molar-refractivity contribution < 1.29 is 0 Å². The van der Waals surface area contributed by atoms with E-state index in [1.807, 2.05) is 33.4 Å². The summed E-state index contributed by atoms with van der Waals surface area (Å²) in [6.45, 7) is 0. The van der Waals surface area contributed by atoms with Gasteiger partial charge in [-0.25, -0.2) is 14.8 Å². The average molecular weight is 417 g/mol. The second kappa shape index (κ2) is 6.91. The van der Waals surface area contributed by atoms with Gasteiger partial charge in [0.2, 0.25) is 5.95 Å². The number of imidazole rings is 2. The Morgan fingerprint density at radius 3 is 3.00 bits per heavy atom. The summed E-state index contributed by atoms with van der Waals surface area (Å²) in [5, 5.41) is 2.14. The first-order chi connectivity index (χ1) is 14.8. The van der Waals surface area contributed by atoms with E-state index in [-0.39, 0.29) is 11.7 Å². The number of rotatable bonds is 2. The van der Waals surface area contributed by atoms with Crippen LogP contribution in [-0.2, 0) is 6.42 Å². The first-order valence-corrected chi connectivity index (χ1v) is 11.1. The summed E-state index contributed by atoms with van der Waals surface area (Å²) >= 11 is 1.79. The Morgan fingerprint density at radius 1 is 1.10 bits per heavy atom. The molecule has 0 saturated heterocycles. The minimum atomic E-state index is -0.130. The fourth-order valence-corrected chi connectivity index (χ4v) is 5.49. The Bertz CT molecular complexity index is 1420. The van der Waals surface area contributed by atoms with Crippen LogP contribution in [0.2, 0.25) is 0 Å². The van der Waals surface area contributed by atoms with E-state index in [4.69, 9.17) is 4.98 Å². The summed E-state index contributed by atoms with van der Waals surface area (Å²) in [4.78, 5) is 31.1. The van der Waals surface area contributed by atoms with Crippen LogP contribution in [0.4, 0.5) is 0 Å². The van der Waals surface area contributed by atoms with E-state index in [0.717, 1.165) is 30.3 Å². The monoisotopic (exact) mass is 416 g/mol. The predicted octanol–water partition coefficient (Wildman–Crippen LogP) is 4.23. The van der Waals surface area contributed by atoms with Gasteiger partial charge in [0.1, 0.15) is 11.8 Å². The maximum atomic E-state index is 13.0. The van der Waals surface area contributed by atoms with Crippen molar-refractivity contribution in [3.8, 4) is 5.95 Å². The molecule has 4 aromatic heterocycles. The number of para-hydroxylation sites is 2. The molecular weight excluding hydrogens is 396 g/mol. The van der Waals surface area contributed by atoms with E-state index in [9.17, 15) is 4.79 Å². The lowest BCUT2D eigenvalue weighted by molar-refractivity contribution is 0.483. The van der Waals surface area contributed by atoms with Gasteiger partial charge < -0.3 is 4.98 Å². The SMILES string of the molecule is O=c1[nH]c2cnc(-n3cnc4ccccc43)nc2n1C1CCCCCc2sccc21. The van der Waals surface area contributed by atoms with Crippen molar-refractivity contribution in [1.82, 2.24) is 29.1 Å². The van der Waals surface area contributed by atoms with Crippen molar-refractivity contribution >= 4 is 33.5 Å². The number of fused-ring (bicyclic) bond motifs is 3. The normalized spacial score (nSPS) is 17.1. The molecule has 0 aliphatic heterocycles. The molecule has 0 amide bonds. The number of hydrogen-bond donors (Lipinski definition) is 1. The van der Waals surface area contributed by atoms with E-state index >= 15 is 0 Å². The van der Waals surface area contributed by atoms with Crippen molar-refractivity contribution in [3.05, 3.63) is 69.2 Å². The van der Waals surface area contributed by atoms with Crippen LogP contribution in [0.3, 0.4) is 0 Å². The van der Waals surface area contributed by atoms with Gasteiger partial charge in [-0.3, -0.25) is 9.13 Å². The van der Waals surface area contributed by atoms with Gasteiger partial charge in [0.15, 0.2) is 5.65 Å². The molecule has 7 nitrogen and oxygen atoms in total. The molecule has 1 N–H and O–H groups in total. The average Bonchev–Trinajstić information content (AvgIpc) is 3.45. The topological polar surface area (TPSA) is 81.4 Å². The molecule has 5 aromatic rings. The van der Waals surface area contributed by atoms with Crippen LogP contribution in [0.5, 0.6) is 0 Å². The summed E-state index contributed by atoms with van der Waals surface area (Å²) in [5.41, 5.74) is 4.26. The van der Waals surface area contributed by atoms with Crippen LogP contribution < -0.4 is 5.69 Å². The molecule has 1 aliphatic carbocycles. The van der Waals surface area contributed by atoms with Crippen LogP contribution in [0.15, 0.2) is 53.0 Å². The smallest absolute Gasteiger partial charge is 0.303 e. The predicted molar refractivity (Wildman–Crippen MR) is 117 cm³/mol. The maximum absolute atomic E-state index is 13.0. The molecule has 0 spiro atoms. The Morgan fingerprint density at radius 2 is 2.03 bits per heavy atom. The number of thiophene rings is 1. The standard InChI is InChI=1S/C22H20N6OS/c29-22-25-16-12-23-21(27-13-24-15-6-4-5-8-18(15)27)26-20(16)28(22)17-7-2-1-3-9-19-14(17)10-11-30-19/h4-6,8,10-13,17H,1-3,7,9H2,(H,25,29). The number of aromatic amines is 1. The molecule has 1 aliphatic rings. The third kappa shape index (κ3) is 2.71. The second-order valence-electron chi connectivity index (χ2n) is 7.72. The van der Waals surface area contributed by atoms with Gasteiger partial charge in [-0.05, 0) is 48.4 Å². The van der Waals surface area contributed by atoms with Crippen LogP contribution in [0.25, 0.3) is 28.1 Å². The molecule has 4 heterocycles. The Kier molecular flexibility index (Phi) is 4.05. The minimum absolute atomic E-state index is 0.00455. The molecule has 0 fully saturated rings. The molecule has 1 aromatic carbocycles. The van der Waals surface area contributed by atoms with Crippen LogP contribution in [0.1, 0.15) is 42.2 Å². The number of H-pyrrole nitrogens is 1. The van der Waals surface area contributed by atoms with Gasteiger partial charge in [-0.2, -0.15) is 4.98 Å². The van der Waals surface area contributed by atoms with Crippen molar-refractivity contribution in [2.45, 2.75) is 38.1 Å². The molecule has 0 bridgehead atoms. The zero-order chi connectivity index (χ0) is 20.1. The second-order valence-corrected chi connectivity index (χ2v) is 8.73. The van der Waals surface area contributed by atoms with Gasteiger partial charge in [0.25, 0.3) is 0 Å². The van der Waals surface area contributed by atoms with Gasteiger partial charge in [0, 0.05) is 4.88 Å². The number of aromatic nitrogens is 6. The lowest BCUT2D eigenvalue weighted by Gasteiger charge is -2.21. The number of hydrogen-bond acceptors (Lipinski definition) is 5. The minimum Gasteiger partial charge on any atom is -0.303 e. The van der Waals surface area contributed by atoms with Crippen molar-refractivity contribution in [2.75, 3.05) is 0 Å². The summed E-state index contributed by atoms with van der Waals surface area (Å²) in [6.07, 6.45) is 8.94. The zero-order valence-corrected chi connectivity index (χ0v) is 17.1.